The molecule has 1 N–H and O–H groups in total. The van der Waals surface area contributed by atoms with Crippen molar-refractivity contribution in [3.63, 3.8) is 0 Å². The van der Waals surface area contributed by atoms with Crippen LogP contribution in [0.15, 0.2) is 30.3 Å². The maximum atomic E-state index is 11.8. The smallest absolute Gasteiger partial charge is 0.330 e. The van der Waals surface area contributed by atoms with Crippen LogP contribution in [-0.4, -0.2) is 48.4 Å². The Bertz CT molecular complexity index is 530. The zero-order valence-corrected chi connectivity index (χ0v) is 11.9. The molecule has 1 aromatic carbocycles. The molecule has 0 spiro atoms. The normalized spacial score (nSPS) is 18.3. The van der Waals surface area contributed by atoms with E-state index in [-0.39, 0.29) is 13.2 Å². The Kier molecular flexibility index (Phi) is 4.92. The number of nitrogens with zero attached hydrogens (tertiary/aromatic N) is 1. The van der Waals surface area contributed by atoms with Gasteiger partial charge in [-0.3, -0.25) is 9.59 Å². The molecule has 1 saturated heterocycles. The fourth-order valence-corrected chi connectivity index (χ4v) is 2.19. The number of esters is 1. The minimum atomic E-state index is -0.786. The average molecular weight is 290 g/mol. The zero-order chi connectivity index (χ0) is 15.2. The molecule has 1 aliphatic heterocycles. The average Bonchev–Trinajstić information content (AvgIpc) is 2.50. The van der Waals surface area contributed by atoms with Crippen molar-refractivity contribution in [3.05, 3.63) is 35.9 Å². The Labute approximate surface area is 123 Å². The van der Waals surface area contributed by atoms with Gasteiger partial charge in [0.15, 0.2) is 0 Å². The van der Waals surface area contributed by atoms with Crippen LogP contribution in [-0.2, 0) is 25.5 Å². The Hall–Kier alpha value is -2.37. The van der Waals surface area contributed by atoms with Gasteiger partial charge in [-0.2, -0.15) is 0 Å². The number of hydrogen-bond acceptors (Lipinski definition) is 4. The Balaban J connectivity index is 1.98. The predicted molar refractivity (Wildman–Crippen MR) is 75.3 cm³/mol. The molecule has 2 rings (SSSR count). The van der Waals surface area contributed by atoms with Crippen LogP contribution < -0.4 is 5.32 Å². The summed E-state index contributed by atoms with van der Waals surface area (Å²) in [5.41, 5.74) is 1.07. The molecule has 1 aromatic rings. The van der Waals surface area contributed by atoms with Gasteiger partial charge in [0.1, 0.15) is 6.04 Å². The summed E-state index contributed by atoms with van der Waals surface area (Å²) < 4.78 is 4.88. The molecule has 112 valence electrons. The Morgan fingerprint density at radius 2 is 2.05 bits per heavy atom. The molecule has 1 fully saturated rings. The molecule has 0 aromatic heterocycles. The SMILES string of the molecule is CCOC(=O)[C@H]1CN(CCc2ccccc2)C(=O)C(=O)N1. The van der Waals surface area contributed by atoms with E-state index in [1.54, 1.807) is 6.92 Å². The maximum Gasteiger partial charge on any atom is 0.330 e. The lowest BCUT2D eigenvalue weighted by Crippen LogP contribution is -2.60. The quantitative estimate of drug-likeness (QED) is 0.617. The number of ether oxygens (including phenoxy) is 1. The number of rotatable bonds is 5. The number of amides is 2. The molecule has 0 saturated carbocycles. The molecule has 0 aliphatic carbocycles. The van der Waals surface area contributed by atoms with Crippen LogP contribution >= 0.6 is 0 Å². The van der Waals surface area contributed by atoms with Gasteiger partial charge in [0.2, 0.25) is 0 Å². The first kappa shape index (κ1) is 15.0. The van der Waals surface area contributed by atoms with Gasteiger partial charge in [-0.15, -0.1) is 0 Å². The fraction of sp³-hybridized carbons (Fsp3) is 0.400. The van der Waals surface area contributed by atoms with Crippen LogP contribution in [0.1, 0.15) is 12.5 Å². The van der Waals surface area contributed by atoms with Crippen LogP contribution in [0.5, 0.6) is 0 Å². The van der Waals surface area contributed by atoms with Crippen LogP contribution in [0.25, 0.3) is 0 Å². The first-order valence-corrected chi connectivity index (χ1v) is 6.92. The highest BCUT2D eigenvalue weighted by molar-refractivity contribution is 6.36. The molecular formula is C15H18N2O4. The van der Waals surface area contributed by atoms with Crippen molar-refractivity contribution in [2.75, 3.05) is 19.7 Å². The van der Waals surface area contributed by atoms with E-state index in [0.717, 1.165) is 5.56 Å². The van der Waals surface area contributed by atoms with Gasteiger partial charge in [0, 0.05) is 6.54 Å². The van der Waals surface area contributed by atoms with E-state index in [2.05, 4.69) is 5.32 Å². The molecule has 6 heteroatoms. The van der Waals surface area contributed by atoms with Crippen LogP contribution in [0, 0.1) is 0 Å². The van der Waals surface area contributed by atoms with Crippen LogP contribution in [0.3, 0.4) is 0 Å². The summed E-state index contributed by atoms with van der Waals surface area (Å²) in [6, 6.07) is 8.88. The van der Waals surface area contributed by atoms with Crippen LogP contribution in [0.2, 0.25) is 0 Å². The van der Waals surface area contributed by atoms with Gasteiger partial charge in [-0.25, -0.2) is 4.79 Å². The van der Waals surface area contributed by atoms with Crippen molar-refractivity contribution >= 4 is 17.8 Å². The second-order valence-corrected chi connectivity index (χ2v) is 4.76. The van der Waals surface area contributed by atoms with Gasteiger partial charge in [0.05, 0.1) is 13.2 Å². The summed E-state index contributed by atoms with van der Waals surface area (Å²) >= 11 is 0. The third kappa shape index (κ3) is 3.81. The summed E-state index contributed by atoms with van der Waals surface area (Å²) in [7, 11) is 0. The summed E-state index contributed by atoms with van der Waals surface area (Å²) in [6.45, 7) is 2.48. The molecule has 0 bridgehead atoms. The molecule has 1 atom stereocenters. The minimum absolute atomic E-state index is 0.149. The number of piperazine rings is 1. The molecule has 1 aliphatic rings. The van der Waals surface area contributed by atoms with Crippen molar-refractivity contribution in [3.8, 4) is 0 Å². The molecule has 21 heavy (non-hydrogen) atoms. The van der Waals surface area contributed by atoms with Gasteiger partial charge in [-0.1, -0.05) is 30.3 Å². The standard InChI is InChI=1S/C15H18N2O4/c1-2-21-15(20)12-10-17(14(19)13(18)16-12)9-8-11-6-4-3-5-7-11/h3-7,12H,2,8-10H2,1H3,(H,16,18)/t12-/m1/s1. The van der Waals surface area contributed by atoms with E-state index in [1.165, 1.54) is 4.90 Å². The van der Waals surface area contributed by atoms with Crippen molar-refractivity contribution in [2.24, 2.45) is 0 Å². The Morgan fingerprint density at radius 3 is 2.71 bits per heavy atom. The zero-order valence-electron chi connectivity index (χ0n) is 11.9. The fourth-order valence-electron chi connectivity index (χ4n) is 2.19. The van der Waals surface area contributed by atoms with E-state index in [9.17, 15) is 14.4 Å². The van der Waals surface area contributed by atoms with Crippen molar-refractivity contribution in [1.82, 2.24) is 10.2 Å². The number of benzene rings is 1. The Morgan fingerprint density at radius 1 is 1.33 bits per heavy atom. The van der Waals surface area contributed by atoms with Crippen molar-refractivity contribution < 1.29 is 19.1 Å². The largest absolute Gasteiger partial charge is 0.464 e. The molecule has 0 radical (unpaired) electrons. The maximum absolute atomic E-state index is 11.8. The summed E-state index contributed by atoms with van der Waals surface area (Å²) in [5.74, 6) is -1.87. The molecule has 2 amide bonds. The van der Waals surface area contributed by atoms with E-state index >= 15 is 0 Å². The molecule has 6 nitrogen and oxygen atoms in total. The molecular weight excluding hydrogens is 272 g/mol. The number of carbonyl (C=O) groups excluding carboxylic acids is 3. The van der Waals surface area contributed by atoms with E-state index < -0.39 is 23.8 Å². The van der Waals surface area contributed by atoms with Gasteiger partial charge >= 0.3 is 17.8 Å². The highest BCUT2D eigenvalue weighted by atomic mass is 16.5. The lowest BCUT2D eigenvalue weighted by molar-refractivity contribution is -0.156. The third-order valence-electron chi connectivity index (χ3n) is 3.27. The summed E-state index contributed by atoms with van der Waals surface area (Å²) in [4.78, 5) is 36.6. The number of nitrogens with one attached hydrogen (secondary N) is 1. The number of hydrogen-bond donors (Lipinski definition) is 1. The number of carbonyl (C=O) groups is 3. The van der Waals surface area contributed by atoms with Crippen LogP contribution in [0.4, 0.5) is 0 Å². The monoisotopic (exact) mass is 290 g/mol. The third-order valence-corrected chi connectivity index (χ3v) is 3.27. The predicted octanol–water partition coefficient (Wildman–Crippen LogP) is 0.119. The summed E-state index contributed by atoms with van der Waals surface area (Å²) in [6.07, 6.45) is 0.634. The van der Waals surface area contributed by atoms with Crippen molar-refractivity contribution in [2.45, 2.75) is 19.4 Å². The lowest BCUT2D eigenvalue weighted by atomic mass is 10.1. The van der Waals surface area contributed by atoms with Gasteiger partial charge < -0.3 is 15.0 Å². The van der Waals surface area contributed by atoms with E-state index in [4.69, 9.17) is 4.74 Å². The second-order valence-electron chi connectivity index (χ2n) is 4.76. The minimum Gasteiger partial charge on any atom is -0.464 e. The summed E-state index contributed by atoms with van der Waals surface area (Å²) in [5, 5.41) is 2.37. The van der Waals surface area contributed by atoms with E-state index in [1.807, 2.05) is 30.3 Å². The topological polar surface area (TPSA) is 75.7 Å². The van der Waals surface area contributed by atoms with Gasteiger partial charge in [0.25, 0.3) is 0 Å². The highest BCUT2D eigenvalue weighted by Gasteiger charge is 2.36. The van der Waals surface area contributed by atoms with E-state index in [0.29, 0.717) is 13.0 Å². The second kappa shape index (κ2) is 6.88. The molecule has 0 unspecified atom stereocenters. The van der Waals surface area contributed by atoms with Gasteiger partial charge in [-0.05, 0) is 18.9 Å². The van der Waals surface area contributed by atoms with Crippen molar-refractivity contribution in [1.29, 1.82) is 0 Å². The lowest BCUT2D eigenvalue weighted by Gasteiger charge is -2.31. The molecule has 1 heterocycles. The highest BCUT2D eigenvalue weighted by Crippen LogP contribution is 2.07. The first-order valence-electron chi connectivity index (χ1n) is 6.92. The first-order chi connectivity index (χ1) is 10.1.